The van der Waals surface area contributed by atoms with E-state index < -0.39 is 18.5 Å². The van der Waals surface area contributed by atoms with Crippen LogP contribution in [0.5, 0.6) is 0 Å². The summed E-state index contributed by atoms with van der Waals surface area (Å²) >= 11 is 0. The molecule has 4 aromatic rings. The highest BCUT2D eigenvalue weighted by molar-refractivity contribution is 5.81. The largest absolute Gasteiger partial charge is 0.396 e. The highest BCUT2D eigenvalue weighted by Gasteiger charge is 2.42. The smallest absolute Gasteiger partial charge is 0.280 e. The Hall–Kier alpha value is -3.73. The highest BCUT2D eigenvalue weighted by atomic mass is 19.1. The summed E-state index contributed by atoms with van der Waals surface area (Å²) in [6.45, 7) is -0.181. The fourth-order valence-corrected chi connectivity index (χ4v) is 4.88. The Morgan fingerprint density at radius 3 is 2.46 bits per heavy atom. The van der Waals surface area contributed by atoms with Gasteiger partial charge in [0.05, 0.1) is 25.4 Å². The number of nitrogens with one attached hydrogen (secondary N) is 1. The maximum Gasteiger partial charge on any atom is 0.280 e. The first-order valence-corrected chi connectivity index (χ1v) is 11.6. The summed E-state index contributed by atoms with van der Waals surface area (Å²) in [6, 6.07) is -0.0131. The van der Waals surface area contributed by atoms with Crippen molar-refractivity contribution in [3.8, 4) is 0 Å². The number of ether oxygens (including phenoxy) is 1. The van der Waals surface area contributed by atoms with Gasteiger partial charge in [0, 0.05) is 31.6 Å². The van der Waals surface area contributed by atoms with Crippen LogP contribution in [0.1, 0.15) is 25.1 Å². The van der Waals surface area contributed by atoms with Gasteiger partial charge in [-0.05, 0) is 12.3 Å². The Balaban J connectivity index is 0.000000152. The quantitative estimate of drug-likeness (QED) is 0.185. The molecule has 0 amide bonds. The minimum absolute atomic E-state index is 0.0131. The average molecular weight is 519 g/mol. The Morgan fingerprint density at radius 2 is 1.76 bits per heavy atom. The number of H-pyrrole nitrogens is 1. The molecule has 1 aliphatic carbocycles. The molecule has 2 fully saturated rings. The summed E-state index contributed by atoms with van der Waals surface area (Å²) < 4.78 is 22.5. The van der Waals surface area contributed by atoms with Crippen molar-refractivity contribution < 1.29 is 24.4 Å². The van der Waals surface area contributed by atoms with E-state index in [2.05, 4.69) is 29.9 Å². The van der Waals surface area contributed by atoms with Gasteiger partial charge >= 0.3 is 0 Å². The van der Waals surface area contributed by atoms with Crippen molar-refractivity contribution >= 4 is 34.1 Å². The number of nitrogens with zero attached hydrogens (tertiary/aromatic N) is 7. The van der Waals surface area contributed by atoms with Crippen LogP contribution in [-0.4, -0.2) is 86.5 Å². The molecule has 0 bridgehead atoms. The Bertz CT molecular complexity index is 1460. The molecular formula is C21H27FN10O5. The molecule has 0 radical (unpaired) electrons. The second-order valence-electron chi connectivity index (χ2n) is 9.03. The number of nitrogen functional groups attached to an aromatic ring is 2. The van der Waals surface area contributed by atoms with E-state index in [1.807, 2.05) is 0 Å². The van der Waals surface area contributed by atoms with E-state index in [0.717, 1.165) is 6.42 Å². The number of aliphatic hydroxyl groups excluding tert-OH is 3. The molecule has 37 heavy (non-hydrogen) atoms. The Morgan fingerprint density at radius 1 is 1.00 bits per heavy atom. The molecule has 2 aliphatic rings. The first kappa shape index (κ1) is 24.9. The number of aliphatic hydroxyl groups is 3. The van der Waals surface area contributed by atoms with E-state index in [9.17, 15) is 19.4 Å². The number of aromatic amines is 1. The molecule has 5 heterocycles. The number of fused-ring (bicyclic) bond motifs is 2. The molecule has 6 atom stereocenters. The van der Waals surface area contributed by atoms with Gasteiger partial charge in [0.1, 0.15) is 18.0 Å². The first-order valence-electron chi connectivity index (χ1n) is 11.6. The lowest BCUT2D eigenvalue weighted by atomic mass is 9.70. The van der Waals surface area contributed by atoms with Gasteiger partial charge in [0.2, 0.25) is 5.95 Å². The van der Waals surface area contributed by atoms with Crippen molar-refractivity contribution in [1.82, 2.24) is 39.0 Å². The number of nitrogens with two attached hydrogens (primary N) is 2. The fraction of sp³-hybridized carbons (Fsp3) is 0.524. The molecule has 4 aromatic heterocycles. The number of imidazole rings is 2. The van der Waals surface area contributed by atoms with E-state index in [1.165, 1.54) is 23.5 Å². The summed E-state index contributed by atoms with van der Waals surface area (Å²) in [4.78, 5) is 34.1. The van der Waals surface area contributed by atoms with Crippen molar-refractivity contribution in [2.24, 2.45) is 11.8 Å². The molecule has 0 unspecified atom stereocenters. The van der Waals surface area contributed by atoms with Gasteiger partial charge in [0.15, 0.2) is 28.9 Å². The van der Waals surface area contributed by atoms with E-state index >= 15 is 0 Å². The molecule has 0 spiro atoms. The molecule has 1 saturated heterocycles. The minimum Gasteiger partial charge on any atom is -0.396 e. The van der Waals surface area contributed by atoms with E-state index in [-0.39, 0.29) is 67.0 Å². The second-order valence-corrected chi connectivity index (χ2v) is 9.03. The van der Waals surface area contributed by atoms with Crippen LogP contribution in [0.2, 0.25) is 0 Å². The normalized spacial score (nSPS) is 27.2. The predicted molar refractivity (Wildman–Crippen MR) is 128 cm³/mol. The second kappa shape index (κ2) is 9.97. The van der Waals surface area contributed by atoms with Gasteiger partial charge in [-0.1, -0.05) is 0 Å². The van der Waals surface area contributed by atoms with Crippen molar-refractivity contribution in [3.63, 3.8) is 0 Å². The minimum atomic E-state index is -1.21. The van der Waals surface area contributed by atoms with Gasteiger partial charge < -0.3 is 36.1 Å². The zero-order chi connectivity index (χ0) is 26.3. The van der Waals surface area contributed by atoms with Gasteiger partial charge in [-0.25, -0.2) is 24.3 Å². The van der Waals surface area contributed by atoms with Crippen molar-refractivity contribution in [3.05, 3.63) is 29.3 Å². The maximum absolute atomic E-state index is 13.9. The van der Waals surface area contributed by atoms with Gasteiger partial charge in [-0.2, -0.15) is 4.98 Å². The predicted octanol–water partition coefficient (Wildman–Crippen LogP) is -1.11. The lowest BCUT2D eigenvalue weighted by molar-refractivity contribution is -0.0351. The summed E-state index contributed by atoms with van der Waals surface area (Å²) in [5.41, 5.74) is 12.3. The van der Waals surface area contributed by atoms with E-state index in [0.29, 0.717) is 16.8 Å². The number of hydrogen-bond donors (Lipinski definition) is 6. The molecular weight excluding hydrogens is 491 g/mol. The van der Waals surface area contributed by atoms with E-state index in [4.69, 9.17) is 21.3 Å². The molecule has 0 aromatic carbocycles. The molecule has 198 valence electrons. The zero-order valence-electron chi connectivity index (χ0n) is 19.6. The van der Waals surface area contributed by atoms with Gasteiger partial charge in [0.25, 0.3) is 5.56 Å². The molecule has 15 nitrogen and oxygen atoms in total. The Kier molecular flexibility index (Phi) is 6.72. The topological polar surface area (TPSA) is 229 Å². The van der Waals surface area contributed by atoms with Crippen LogP contribution in [0.3, 0.4) is 0 Å². The standard InChI is InChI=1S/C11H15N5O3.C10H12FN5O2/c12-11-14-9-8(10(19)15-11)13-4-16(9)7-1-5(2-17)6(7)3-18;11-6-1-5(2-17)18-10(6)16-4-15-7-8(12)13-3-14-9(7)16/h4-7,17-18H,1-3H2,(H3,12,14,15,19);3-6,10,17H,1-2H2,(H2,12,13,14)/t5-,6-,7-;5-,6-,10+/m10/s1. The Labute approximate surface area is 208 Å². The number of rotatable bonds is 5. The average Bonchev–Trinajstić information content (AvgIpc) is 3.57. The molecule has 1 saturated carbocycles. The van der Waals surface area contributed by atoms with Gasteiger partial charge in [-0.15, -0.1) is 0 Å². The number of hydrogen-bond acceptors (Lipinski definition) is 12. The fourth-order valence-electron chi connectivity index (χ4n) is 4.88. The van der Waals surface area contributed by atoms with Crippen molar-refractivity contribution in [1.29, 1.82) is 0 Å². The summed E-state index contributed by atoms with van der Waals surface area (Å²) in [5, 5.41) is 27.6. The lowest BCUT2D eigenvalue weighted by Crippen LogP contribution is -2.42. The molecule has 6 rings (SSSR count). The van der Waals surface area contributed by atoms with Crippen LogP contribution in [0.25, 0.3) is 22.3 Å². The van der Waals surface area contributed by atoms with Crippen molar-refractivity contribution in [2.75, 3.05) is 31.3 Å². The van der Waals surface area contributed by atoms with Crippen LogP contribution in [-0.2, 0) is 4.74 Å². The first-order chi connectivity index (χ1) is 17.9. The molecule has 16 heteroatoms. The number of alkyl halides is 1. The summed E-state index contributed by atoms with van der Waals surface area (Å²) in [5.74, 6) is 0.306. The molecule has 1 aliphatic heterocycles. The zero-order valence-corrected chi connectivity index (χ0v) is 19.6. The monoisotopic (exact) mass is 518 g/mol. The van der Waals surface area contributed by atoms with Crippen LogP contribution in [0.15, 0.2) is 23.8 Å². The molecule has 8 N–H and O–H groups in total. The number of aromatic nitrogens is 8. The van der Waals surface area contributed by atoms with Crippen LogP contribution in [0.4, 0.5) is 16.2 Å². The maximum atomic E-state index is 13.9. The van der Waals surface area contributed by atoms with Crippen LogP contribution in [0, 0.1) is 11.8 Å². The summed E-state index contributed by atoms with van der Waals surface area (Å²) in [6.07, 6.45) is 2.59. The van der Waals surface area contributed by atoms with Crippen LogP contribution >= 0.6 is 0 Å². The summed E-state index contributed by atoms with van der Waals surface area (Å²) in [7, 11) is 0. The third kappa shape index (κ3) is 4.37. The van der Waals surface area contributed by atoms with Crippen molar-refractivity contribution in [2.45, 2.75) is 37.4 Å². The lowest BCUT2D eigenvalue weighted by Gasteiger charge is -2.43. The highest BCUT2D eigenvalue weighted by Crippen LogP contribution is 2.44. The number of anilines is 2. The number of halogens is 1. The van der Waals surface area contributed by atoms with Gasteiger partial charge in [-0.3, -0.25) is 14.3 Å². The van der Waals surface area contributed by atoms with E-state index in [1.54, 1.807) is 4.57 Å². The third-order valence-corrected chi connectivity index (χ3v) is 6.89. The van der Waals surface area contributed by atoms with Crippen LogP contribution < -0.4 is 17.0 Å². The SMILES string of the molecule is Nc1nc2c(ncn2[C@@H]2C[C@H](CO)[C@H]2CO)c(=O)[nH]1.Nc1ncnc2c1ncn2[C@@H]1O[C@H](CO)C[C@@H]1F. The third-order valence-electron chi connectivity index (χ3n) is 6.89.